The molecule has 0 saturated carbocycles. The number of hydrogen-bond donors (Lipinski definition) is 2. The van der Waals surface area contributed by atoms with E-state index >= 15 is 0 Å². The lowest BCUT2D eigenvalue weighted by molar-refractivity contribution is -0.114. The smallest absolute Gasteiger partial charge is 0.246 e. The summed E-state index contributed by atoms with van der Waals surface area (Å²) in [4.78, 5) is 17.9. The molecule has 0 radical (unpaired) electrons. The summed E-state index contributed by atoms with van der Waals surface area (Å²) in [5.41, 5.74) is 7.85. The maximum Gasteiger partial charge on any atom is 0.246 e. The van der Waals surface area contributed by atoms with Gasteiger partial charge < -0.3 is 20.7 Å². The lowest BCUT2D eigenvalue weighted by Gasteiger charge is -2.27. The Balaban J connectivity index is 0.00000242. The van der Waals surface area contributed by atoms with Crippen molar-refractivity contribution in [1.82, 2.24) is 4.90 Å². The molecule has 0 spiro atoms. The van der Waals surface area contributed by atoms with Crippen molar-refractivity contribution in [2.45, 2.75) is 13.3 Å². The molecule has 1 aromatic carbocycles. The summed E-state index contributed by atoms with van der Waals surface area (Å²) in [6, 6.07) is 7.79. The van der Waals surface area contributed by atoms with E-state index in [0.29, 0.717) is 19.2 Å². The number of anilines is 1. The zero-order chi connectivity index (χ0) is 15.1. The highest BCUT2D eigenvalue weighted by Crippen LogP contribution is 2.10. The zero-order valence-corrected chi connectivity index (χ0v) is 15.1. The molecule has 2 rings (SSSR count). The Morgan fingerprint density at radius 2 is 2.14 bits per heavy atom. The van der Waals surface area contributed by atoms with E-state index in [1.807, 2.05) is 29.2 Å². The van der Waals surface area contributed by atoms with Gasteiger partial charge in [-0.1, -0.05) is 19.1 Å². The maximum atomic E-state index is 11.9. The summed E-state index contributed by atoms with van der Waals surface area (Å²) in [5, 5.41) is 2.83. The molecule has 1 aliphatic heterocycles. The molecule has 1 heterocycles. The molecule has 0 unspecified atom stereocenters. The molecule has 0 bridgehead atoms. The zero-order valence-electron chi connectivity index (χ0n) is 12.7. The number of nitrogens with zero attached hydrogens (tertiary/aromatic N) is 2. The Morgan fingerprint density at radius 1 is 1.41 bits per heavy atom. The normalized spacial score (nSPS) is 15.1. The van der Waals surface area contributed by atoms with Crippen LogP contribution in [0.4, 0.5) is 5.69 Å². The first-order valence-corrected chi connectivity index (χ1v) is 7.20. The van der Waals surface area contributed by atoms with E-state index in [0.717, 1.165) is 25.2 Å². The minimum atomic E-state index is -0.167. The van der Waals surface area contributed by atoms with Gasteiger partial charge in [-0.15, -0.1) is 24.0 Å². The number of amides is 1. The van der Waals surface area contributed by atoms with Gasteiger partial charge in [0, 0.05) is 18.8 Å². The van der Waals surface area contributed by atoms with Crippen LogP contribution in [-0.4, -0.2) is 49.6 Å². The van der Waals surface area contributed by atoms with Crippen molar-refractivity contribution in [3.05, 3.63) is 29.8 Å². The summed E-state index contributed by atoms with van der Waals surface area (Å²) in [6.07, 6.45) is 0.936. The van der Waals surface area contributed by atoms with Gasteiger partial charge >= 0.3 is 0 Å². The molecule has 0 aliphatic carbocycles. The maximum absolute atomic E-state index is 11.9. The standard InChI is InChI=1S/C15H22N4O2.HI/c1-2-12-4-3-5-13(10-12)18-14(20)11-17-15(16)19-6-8-21-9-7-19;/h3-5,10H,2,6-9,11H2,1H3,(H2,16,17)(H,18,20);1H. The average molecular weight is 418 g/mol. The number of ether oxygens (including phenoxy) is 1. The molecule has 1 fully saturated rings. The van der Waals surface area contributed by atoms with Gasteiger partial charge in [-0.25, -0.2) is 4.99 Å². The molecule has 7 heteroatoms. The summed E-state index contributed by atoms with van der Waals surface area (Å²) < 4.78 is 5.24. The van der Waals surface area contributed by atoms with Crippen molar-refractivity contribution in [3.8, 4) is 0 Å². The van der Waals surface area contributed by atoms with Crippen LogP contribution in [0.15, 0.2) is 29.3 Å². The van der Waals surface area contributed by atoms with E-state index < -0.39 is 0 Å². The number of aliphatic imine (C=N–C) groups is 1. The van der Waals surface area contributed by atoms with E-state index in [-0.39, 0.29) is 36.4 Å². The fourth-order valence-corrected chi connectivity index (χ4v) is 2.11. The first kappa shape index (κ1) is 18.7. The Hall–Kier alpha value is -1.35. The molecule has 1 saturated heterocycles. The second-order valence-corrected chi connectivity index (χ2v) is 4.88. The van der Waals surface area contributed by atoms with Crippen LogP contribution >= 0.6 is 24.0 Å². The van der Waals surface area contributed by atoms with E-state index in [4.69, 9.17) is 10.5 Å². The first-order valence-electron chi connectivity index (χ1n) is 7.20. The van der Waals surface area contributed by atoms with E-state index in [2.05, 4.69) is 17.2 Å². The van der Waals surface area contributed by atoms with Crippen molar-refractivity contribution in [1.29, 1.82) is 0 Å². The van der Waals surface area contributed by atoms with Crippen LogP contribution < -0.4 is 11.1 Å². The fraction of sp³-hybridized carbons (Fsp3) is 0.467. The first-order chi connectivity index (χ1) is 10.2. The SMILES string of the molecule is CCc1cccc(NC(=O)CN=C(N)N2CCOCC2)c1.I. The number of benzene rings is 1. The molecule has 1 aromatic rings. The number of carbonyl (C=O) groups is 1. The number of carbonyl (C=O) groups excluding carboxylic acids is 1. The van der Waals surface area contributed by atoms with E-state index in [9.17, 15) is 4.79 Å². The number of hydrogen-bond acceptors (Lipinski definition) is 3. The minimum absolute atomic E-state index is 0. The topological polar surface area (TPSA) is 80.0 Å². The van der Waals surface area contributed by atoms with Crippen molar-refractivity contribution in [2.75, 3.05) is 38.2 Å². The molecule has 0 atom stereocenters. The summed E-state index contributed by atoms with van der Waals surface area (Å²) in [6.45, 7) is 4.83. The highest BCUT2D eigenvalue weighted by Gasteiger charge is 2.12. The molecule has 1 aliphatic rings. The Labute approximate surface area is 148 Å². The van der Waals surface area contributed by atoms with Crippen LogP contribution in [0.25, 0.3) is 0 Å². The molecule has 0 aromatic heterocycles. The average Bonchev–Trinajstić information content (AvgIpc) is 2.53. The van der Waals surface area contributed by atoms with Gasteiger partial charge in [-0.05, 0) is 24.1 Å². The quantitative estimate of drug-likeness (QED) is 0.441. The van der Waals surface area contributed by atoms with Gasteiger partial charge in [-0.3, -0.25) is 4.79 Å². The highest BCUT2D eigenvalue weighted by atomic mass is 127. The van der Waals surface area contributed by atoms with Gasteiger partial charge in [-0.2, -0.15) is 0 Å². The molecule has 1 amide bonds. The van der Waals surface area contributed by atoms with Crippen molar-refractivity contribution in [3.63, 3.8) is 0 Å². The van der Waals surface area contributed by atoms with Gasteiger partial charge in [0.15, 0.2) is 5.96 Å². The molecular formula is C15H23IN4O2. The van der Waals surface area contributed by atoms with Crippen LogP contribution in [0, 0.1) is 0 Å². The monoisotopic (exact) mass is 418 g/mol. The number of rotatable bonds is 4. The Morgan fingerprint density at radius 3 is 2.82 bits per heavy atom. The lowest BCUT2D eigenvalue weighted by atomic mass is 10.1. The van der Waals surface area contributed by atoms with Crippen LogP contribution in [0.5, 0.6) is 0 Å². The number of guanidine groups is 1. The van der Waals surface area contributed by atoms with Crippen LogP contribution in [0.2, 0.25) is 0 Å². The van der Waals surface area contributed by atoms with Gasteiger partial charge in [0.25, 0.3) is 0 Å². The van der Waals surface area contributed by atoms with Crippen molar-refractivity contribution < 1.29 is 9.53 Å². The minimum Gasteiger partial charge on any atom is -0.378 e. The summed E-state index contributed by atoms with van der Waals surface area (Å²) in [7, 11) is 0. The van der Waals surface area contributed by atoms with Gasteiger partial charge in [0.2, 0.25) is 5.91 Å². The van der Waals surface area contributed by atoms with E-state index in [1.165, 1.54) is 5.56 Å². The number of halogens is 1. The predicted molar refractivity (Wildman–Crippen MR) is 98.7 cm³/mol. The summed E-state index contributed by atoms with van der Waals surface area (Å²) >= 11 is 0. The molecule has 6 nitrogen and oxygen atoms in total. The molecular weight excluding hydrogens is 395 g/mol. The lowest BCUT2D eigenvalue weighted by Crippen LogP contribution is -2.45. The number of nitrogens with one attached hydrogen (secondary N) is 1. The van der Waals surface area contributed by atoms with Crippen LogP contribution in [0.3, 0.4) is 0 Å². The van der Waals surface area contributed by atoms with Crippen molar-refractivity contribution in [2.24, 2.45) is 10.7 Å². The number of morpholine rings is 1. The van der Waals surface area contributed by atoms with Crippen LogP contribution in [-0.2, 0) is 16.0 Å². The molecule has 3 N–H and O–H groups in total. The third kappa shape index (κ3) is 5.80. The van der Waals surface area contributed by atoms with Gasteiger partial charge in [0.05, 0.1) is 13.2 Å². The van der Waals surface area contributed by atoms with E-state index in [1.54, 1.807) is 0 Å². The number of aryl methyl sites for hydroxylation is 1. The fourth-order valence-electron chi connectivity index (χ4n) is 2.11. The second-order valence-electron chi connectivity index (χ2n) is 4.88. The number of nitrogens with two attached hydrogens (primary N) is 1. The third-order valence-electron chi connectivity index (χ3n) is 3.34. The van der Waals surface area contributed by atoms with Gasteiger partial charge in [0.1, 0.15) is 6.54 Å². The van der Waals surface area contributed by atoms with Crippen LogP contribution in [0.1, 0.15) is 12.5 Å². The highest BCUT2D eigenvalue weighted by molar-refractivity contribution is 14.0. The largest absolute Gasteiger partial charge is 0.378 e. The Bertz CT molecular complexity index is 516. The second kappa shape index (κ2) is 9.62. The molecule has 22 heavy (non-hydrogen) atoms. The summed E-state index contributed by atoms with van der Waals surface area (Å²) in [5.74, 6) is 0.232. The third-order valence-corrected chi connectivity index (χ3v) is 3.34. The van der Waals surface area contributed by atoms with Crippen molar-refractivity contribution >= 4 is 41.5 Å². The molecule has 122 valence electrons. The predicted octanol–water partition coefficient (Wildman–Crippen LogP) is 1.45. The Kier molecular flexibility index (Phi) is 8.18.